The van der Waals surface area contributed by atoms with Crippen molar-refractivity contribution in [2.45, 2.75) is 56.0 Å². The van der Waals surface area contributed by atoms with Crippen LogP contribution in [0.1, 0.15) is 54.9 Å². The number of pyridine rings is 1. The summed E-state index contributed by atoms with van der Waals surface area (Å²) < 4.78 is 348. The van der Waals surface area contributed by atoms with Gasteiger partial charge in [-0.05, 0) is 36.4 Å². The molecule has 0 fully saturated rings. The lowest BCUT2D eigenvalue weighted by Gasteiger charge is -2.46. The van der Waals surface area contributed by atoms with Crippen LogP contribution >= 0.6 is 12.6 Å². The third-order valence-electron chi connectivity index (χ3n) is 11.9. The maximum Gasteiger partial charge on any atom is 0.416 e. The Balaban J connectivity index is 0.000000378. The zero-order valence-corrected chi connectivity index (χ0v) is 39.4. The van der Waals surface area contributed by atoms with Crippen LogP contribution in [0.5, 0.6) is 5.88 Å². The van der Waals surface area contributed by atoms with Gasteiger partial charge < -0.3 is 4.74 Å². The third-order valence-corrected chi connectivity index (χ3v) is 12.1. The number of alkyl halides is 24. The molecule has 1 heterocycles. The third kappa shape index (κ3) is 13.9. The molecule has 79 heavy (non-hydrogen) atoms. The molecular formula is C50H28BF24NO2S. The fourth-order valence-corrected chi connectivity index (χ4v) is 8.66. The summed E-state index contributed by atoms with van der Waals surface area (Å²) in [6.45, 7) is 0.231. The van der Waals surface area contributed by atoms with E-state index >= 15 is 0 Å². The average molecular weight is 1170 g/mol. The van der Waals surface area contributed by atoms with Crippen LogP contribution in [0, 0.1) is 0 Å². The Hall–Kier alpha value is -7.07. The molecule has 0 aliphatic carbocycles. The van der Waals surface area contributed by atoms with Crippen molar-refractivity contribution in [2.75, 3.05) is 5.94 Å². The first kappa shape index (κ1) is 61.2. The van der Waals surface area contributed by atoms with Crippen LogP contribution in [0.15, 0.2) is 140 Å². The fourth-order valence-electron chi connectivity index (χ4n) is 8.53. The molecule has 0 aliphatic rings. The number of nitrogens with zero attached hydrogens (tertiary/aromatic N) is 1. The van der Waals surface area contributed by atoms with Gasteiger partial charge in [-0.3, -0.25) is 4.79 Å². The Morgan fingerprint density at radius 1 is 0.380 bits per heavy atom. The molecule has 7 rings (SSSR count). The number of hydrogen-bond acceptors (Lipinski definition) is 3. The standard InChI is InChI=1S/C32H12BF24.C18H15NO2S/c34-25(35,36)13-1-14(26(37,38)39)6-21(5-13)33(22-7-15(27(40,41)42)2-16(8-22)28(43,44)45,23-9-17(29(46,47)48)3-18(10-23)30(49,50)51)24-11-19(31(52,53)54)4-20(12-24)32(55,56)57;20-17(15-7-2-1-3-8-15)12-19-16-9-5-4-6-14(16)10-11-18(19)21-13-22/h1-12H;1-11H,12-13H2/q-1;/p+1. The zero-order chi connectivity index (χ0) is 59.3. The van der Waals surface area contributed by atoms with Gasteiger partial charge in [-0.2, -0.15) is 132 Å². The Bertz CT molecular complexity index is 2920. The highest BCUT2D eigenvalue weighted by Crippen LogP contribution is 2.41. The van der Waals surface area contributed by atoms with Gasteiger partial charge in [0.2, 0.25) is 17.8 Å². The van der Waals surface area contributed by atoms with Crippen molar-refractivity contribution in [1.82, 2.24) is 0 Å². The fraction of sp³-hybridized carbons (Fsp3) is 0.200. The lowest BCUT2D eigenvalue weighted by molar-refractivity contribution is -0.662. The minimum absolute atomic E-state index is 0.0472. The van der Waals surface area contributed by atoms with Crippen LogP contribution in [0.25, 0.3) is 10.9 Å². The first-order valence-corrected chi connectivity index (χ1v) is 22.3. The van der Waals surface area contributed by atoms with Crippen molar-refractivity contribution in [1.29, 1.82) is 0 Å². The molecule has 0 saturated heterocycles. The molecular weight excluding hydrogens is 1150 g/mol. The van der Waals surface area contributed by atoms with Gasteiger partial charge in [0.15, 0.2) is 0 Å². The number of ketones is 1. The van der Waals surface area contributed by atoms with Gasteiger partial charge in [0.1, 0.15) is 12.1 Å². The highest BCUT2D eigenvalue weighted by Gasteiger charge is 2.47. The number of hydrogen-bond donors (Lipinski definition) is 1. The lowest BCUT2D eigenvalue weighted by atomic mass is 9.12. The van der Waals surface area contributed by atoms with Crippen LogP contribution in [0.4, 0.5) is 105 Å². The van der Waals surface area contributed by atoms with Crippen LogP contribution in [-0.4, -0.2) is 17.9 Å². The second-order valence-corrected chi connectivity index (χ2v) is 17.4. The van der Waals surface area contributed by atoms with Crippen molar-refractivity contribution in [3.63, 3.8) is 0 Å². The zero-order valence-electron chi connectivity index (χ0n) is 38.6. The molecule has 29 heteroatoms. The smallest absolute Gasteiger partial charge is 0.416 e. The maximum atomic E-state index is 14.2. The minimum Gasteiger partial charge on any atom is -0.434 e. The van der Waals surface area contributed by atoms with E-state index in [1.54, 1.807) is 0 Å². The molecule has 0 saturated carbocycles. The second-order valence-electron chi connectivity index (χ2n) is 17.1. The number of fused-ring (bicyclic) bond motifs is 1. The predicted molar refractivity (Wildman–Crippen MR) is 239 cm³/mol. The maximum absolute atomic E-state index is 14.2. The van der Waals surface area contributed by atoms with Gasteiger partial charge in [0, 0.05) is 17.0 Å². The van der Waals surface area contributed by atoms with E-state index < -0.39 is 195 Å². The van der Waals surface area contributed by atoms with Crippen molar-refractivity contribution in [3.05, 3.63) is 190 Å². The number of ether oxygens (including phenoxy) is 1. The van der Waals surface area contributed by atoms with Crippen molar-refractivity contribution >= 4 is 57.3 Å². The molecule has 422 valence electrons. The molecule has 0 amide bonds. The number of benzene rings is 6. The van der Waals surface area contributed by atoms with Gasteiger partial charge in [-0.15, -0.1) is 12.6 Å². The summed E-state index contributed by atoms with van der Waals surface area (Å²) >= 11 is 4.11. The average Bonchev–Trinajstić information content (AvgIpc) is 3.55. The summed E-state index contributed by atoms with van der Waals surface area (Å²) in [6.07, 6.45) is -54.8. The molecule has 0 spiro atoms. The largest absolute Gasteiger partial charge is 0.434 e. The number of para-hydroxylation sites is 1. The van der Waals surface area contributed by atoms with E-state index in [1.807, 2.05) is 71.3 Å². The monoisotopic (exact) mass is 1170 g/mol. The van der Waals surface area contributed by atoms with E-state index in [1.165, 1.54) is 0 Å². The highest BCUT2D eigenvalue weighted by molar-refractivity contribution is 7.80. The number of halogens is 24. The summed E-state index contributed by atoms with van der Waals surface area (Å²) in [7, 11) is 0. The molecule has 0 unspecified atom stereocenters. The lowest BCUT2D eigenvalue weighted by Crippen LogP contribution is -2.75. The van der Waals surface area contributed by atoms with E-state index in [4.69, 9.17) is 4.74 Å². The van der Waals surface area contributed by atoms with E-state index in [2.05, 4.69) is 12.6 Å². The van der Waals surface area contributed by atoms with E-state index in [9.17, 15) is 110 Å². The quantitative estimate of drug-likeness (QED) is 0.0390. The molecule has 0 N–H and O–H groups in total. The van der Waals surface area contributed by atoms with E-state index in [0.717, 1.165) is 10.9 Å². The van der Waals surface area contributed by atoms with Gasteiger partial charge in [-0.1, -0.05) is 91.0 Å². The Labute approximate surface area is 433 Å². The first-order chi connectivity index (χ1) is 36.1. The van der Waals surface area contributed by atoms with E-state index in [0.29, 0.717) is 11.4 Å². The number of Topliss-reactive ketones (excluding diaryl/α,β-unsaturated/α-hetero) is 1. The van der Waals surface area contributed by atoms with Gasteiger partial charge in [-0.25, -0.2) is 0 Å². The van der Waals surface area contributed by atoms with Gasteiger partial charge >= 0.3 is 55.3 Å². The molecule has 0 atom stereocenters. The minimum atomic E-state index is -6.13. The van der Waals surface area contributed by atoms with Crippen molar-refractivity contribution in [2.24, 2.45) is 0 Å². The van der Waals surface area contributed by atoms with Crippen LogP contribution in [0.2, 0.25) is 0 Å². The Kier molecular flexibility index (Phi) is 16.7. The molecule has 0 radical (unpaired) electrons. The van der Waals surface area contributed by atoms with E-state index in [-0.39, 0.29) is 18.3 Å². The number of aromatic nitrogens is 1. The van der Waals surface area contributed by atoms with Crippen LogP contribution in [-0.2, 0) is 56.0 Å². The van der Waals surface area contributed by atoms with Gasteiger partial charge in [0.25, 0.3) is 0 Å². The van der Waals surface area contributed by atoms with Crippen molar-refractivity contribution < 1.29 is 119 Å². The van der Waals surface area contributed by atoms with Gasteiger partial charge in [0.05, 0.1) is 50.6 Å². The first-order valence-electron chi connectivity index (χ1n) is 21.6. The number of carbonyl (C=O) groups excluding carboxylic acids is 1. The number of rotatable bonds is 9. The topological polar surface area (TPSA) is 30.2 Å². The van der Waals surface area contributed by atoms with Crippen LogP contribution < -0.4 is 31.2 Å². The SMILES string of the molecule is FC(F)(F)c1cc([B-](c2cc(C(F)(F)F)cc(C(F)(F)F)c2)(c2cc(C(F)(F)F)cc(C(F)(F)F)c2)c2cc(C(F)(F)F)cc(C(F)(F)F)c2)cc(C(F)(F)F)c1.O=C(C[n+]1c(OCS)ccc2ccccc21)c1ccccc1. The molecule has 0 aliphatic heterocycles. The summed E-state index contributed by atoms with van der Waals surface area (Å²) in [4.78, 5) is 12.5. The molecule has 3 nitrogen and oxygen atoms in total. The Morgan fingerprint density at radius 3 is 0.937 bits per heavy atom. The summed E-state index contributed by atoms with van der Waals surface area (Å²) in [5, 5.41) is 1.06. The van der Waals surface area contributed by atoms with Crippen LogP contribution in [0.3, 0.4) is 0 Å². The molecule has 7 aromatic rings. The normalized spacial score (nSPS) is 13.3. The molecule has 1 aromatic heterocycles. The summed E-state index contributed by atoms with van der Waals surface area (Å²) in [6, 6.07) is 12.3. The second kappa shape index (κ2) is 21.5. The highest BCUT2D eigenvalue weighted by atomic mass is 32.1. The number of carbonyl (C=O) groups is 1. The predicted octanol–water partition coefficient (Wildman–Crippen LogP) is 14.5. The van der Waals surface area contributed by atoms with Crippen molar-refractivity contribution in [3.8, 4) is 5.88 Å². The summed E-state index contributed by atoms with van der Waals surface area (Å²) in [5.74, 6) is 0.946. The number of thiol groups is 1. The molecule has 0 bridgehead atoms. The summed E-state index contributed by atoms with van der Waals surface area (Å²) in [5.41, 5.74) is -28.5. The molecule has 6 aromatic carbocycles. The Morgan fingerprint density at radius 2 is 0.658 bits per heavy atom.